The molecule has 0 radical (unpaired) electrons. The molecule has 0 amide bonds. The Morgan fingerprint density at radius 2 is 1.83 bits per heavy atom. The van der Waals surface area contributed by atoms with Crippen LogP contribution in [-0.2, 0) is 4.74 Å². The fraction of sp³-hybridized carbons (Fsp3) is 0.190. The Bertz CT molecular complexity index is 1190. The molecule has 0 aliphatic carbocycles. The van der Waals surface area contributed by atoms with Crippen molar-refractivity contribution in [3.63, 3.8) is 0 Å². The van der Waals surface area contributed by atoms with Crippen LogP contribution in [0.1, 0.15) is 0 Å². The van der Waals surface area contributed by atoms with E-state index in [1.165, 1.54) is 6.07 Å². The van der Waals surface area contributed by atoms with Crippen LogP contribution in [0.2, 0.25) is 0 Å². The Balaban J connectivity index is 1.39. The van der Waals surface area contributed by atoms with Crippen molar-refractivity contribution >= 4 is 16.7 Å². The molecule has 152 valence electrons. The Morgan fingerprint density at radius 3 is 2.60 bits per heavy atom. The number of benzene rings is 2. The standard InChI is InChI=1S/C21H17F2N5O2/c22-14-3-6-18(17(23)11-14)30-21-24-12-16-19(26-27-20(16)25-21)13-1-4-15(5-2-13)28-7-9-29-10-8-28/h1-6,11-12H,7-10H2,(H,24,25,26,27). The van der Waals surface area contributed by atoms with Gasteiger partial charge in [-0.15, -0.1) is 0 Å². The van der Waals surface area contributed by atoms with Gasteiger partial charge in [0.2, 0.25) is 0 Å². The molecule has 2 aromatic heterocycles. The lowest BCUT2D eigenvalue weighted by molar-refractivity contribution is 0.122. The van der Waals surface area contributed by atoms with Crippen LogP contribution in [-0.4, -0.2) is 46.5 Å². The molecule has 0 atom stereocenters. The lowest BCUT2D eigenvalue weighted by Gasteiger charge is -2.28. The van der Waals surface area contributed by atoms with Gasteiger partial charge in [0, 0.05) is 36.6 Å². The summed E-state index contributed by atoms with van der Waals surface area (Å²) in [7, 11) is 0. The summed E-state index contributed by atoms with van der Waals surface area (Å²) in [6.45, 7) is 3.20. The molecule has 1 saturated heterocycles. The predicted molar refractivity (Wildman–Crippen MR) is 107 cm³/mol. The van der Waals surface area contributed by atoms with E-state index < -0.39 is 11.6 Å². The van der Waals surface area contributed by atoms with Crippen LogP contribution in [0, 0.1) is 11.6 Å². The van der Waals surface area contributed by atoms with Crippen molar-refractivity contribution in [2.45, 2.75) is 0 Å². The third-order valence-electron chi connectivity index (χ3n) is 4.91. The van der Waals surface area contributed by atoms with E-state index in [-0.39, 0.29) is 11.8 Å². The highest BCUT2D eigenvalue weighted by Gasteiger charge is 2.15. The van der Waals surface area contributed by atoms with Crippen LogP contribution in [0.4, 0.5) is 14.5 Å². The SMILES string of the molecule is Fc1ccc(Oc2ncc3c(-c4ccc(N5CCOCC5)cc4)n[nH]c3n2)c(F)c1. The number of ether oxygens (including phenoxy) is 2. The van der Waals surface area contributed by atoms with Crippen molar-refractivity contribution in [2.75, 3.05) is 31.2 Å². The smallest absolute Gasteiger partial charge is 0.324 e. The van der Waals surface area contributed by atoms with Crippen LogP contribution < -0.4 is 9.64 Å². The molecule has 2 aromatic carbocycles. The maximum absolute atomic E-state index is 13.8. The number of fused-ring (bicyclic) bond motifs is 1. The molecule has 0 bridgehead atoms. The molecule has 7 nitrogen and oxygen atoms in total. The number of anilines is 1. The zero-order valence-electron chi connectivity index (χ0n) is 15.8. The van der Waals surface area contributed by atoms with Crippen LogP contribution in [0.15, 0.2) is 48.7 Å². The molecule has 5 rings (SSSR count). The predicted octanol–water partition coefficient (Wildman–Crippen LogP) is 3.93. The lowest BCUT2D eigenvalue weighted by Crippen LogP contribution is -2.36. The van der Waals surface area contributed by atoms with E-state index in [9.17, 15) is 8.78 Å². The molecule has 1 fully saturated rings. The second-order valence-electron chi connectivity index (χ2n) is 6.81. The molecule has 0 saturated carbocycles. The topological polar surface area (TPSA) is 76.2 Å². The number of nitrogens with zero attached hydrogens (tertiary/aromatic N) is 4. The van der Waals surface area contributed by atoms with Gasteiger partial charge in [-0.1, -0.05) is 12.1 Å². The highest BCUT2D eigenvalue weighted by atomic mass is 19.1. The molecule has 0 unspecified atom stereocenters. The third kappa shape index (κ3) is 3.55. The zero-order valence-corrected chi connectivity index (χ0v) is 15.8. The quantitative estimate of drug-likeness (QED) is 0.551. The summed E-state index contributed by atoms with van der Waals surface area (Å²) in [5, 5.41) is 7.91. The molecule has 1 aliphatic heterocycles. The molecule has 1 aliphatic rings. The number of H-pyrrole nitrogens is 1. The normalized spacial score (nSPS) is 14.3. The third-order valence-corrected chi connectivity index (χ3v) is 4.91. The maximum atomic E-state index is 13.8. The minimum atomic E-state index is -0.829. The van der Waals surface area contributed by atoms with E-state index >= 15 is 0 Å². The number of hydrogen-bond acceptors (Lipinski definition) is 6. The summed E-state index contributed by atoms with van der Waals surface area (Å²) in [6, 6.07) is 11.1. The fourth-order valence-corrected chi connectivity index (χ4v) is 3.37. The van der Waals surface area contributed by atoms with Gasteiger partial charge < -0.3 is 14.4 Å². The van der Waals surface area contributed by atoms with Crippen molar-refractivity contribution in [3.8, 4) is 23.0 Å². The van der Waals surface area contributed by atoms with Crippen molar-refractivity contribution < 1.29 is 18.3 Å². The molecule has 1 N–H and O–H groups in total. The van der Waals surface area contributed by atoms with Gasteiger partial charge in [-0.3, -0.25) is 5.10 Å². The van der Waals surface area contributed by atoms with Gasteiger partial charge in [0.25, 0.3) is 0 Å². The molecule has 30 heavy (non-hydrogen) atoms. The first kappa shape index (κ1) is 18.4. The van der Waals surface area contributed by atoms with Gasteiger partial charge >= 0.3 is 6.01 Å². The van der Waals surface area contributed by atoms with E-state index in [1.54, 1.807) is 6.20 Å². The Labute approximate surface area is 170 Å². The molecule has 0 spiro atoms. The molecule has 9 heteroatoms. The van der Waals surface area contributed by atoms with E-state index in [2.05, 4.69) is 37.2 Å². The second kappa shape index (κ2) is 7.68. The summed E-state index contributed by atoms with van der Waals surface area (Å²) in [6.07, 6.45) is 1.56. The second-order valence-corrected chi connectivity index (χ2v) is 6.81. The van der Waals surface area contributed by atoms with Crippen molar-refractivity contribution in [2.24, 2.45) is 0 Å². The van der Waals surface area contributed by atoms with Gasteiger partial charge in [0.1, 0.15) is 11.5 Å². The highest BCUT2D eigenvalue weighted by Crippen LogP contribution is 2.29. The van der Waals surface area contributed by atoms with Crippen LogP contribution in [0.3, 0.4) is 0 Å². The number of hydrogen-bond donors (Lipinski definition) is 1. The van der Waals surface area contributed by atoms with Gasteiger partial charge in [-0.25, -0.2) is 13.8 Å². The van der Waals surface area contributed by atoms with Crippen LogP contribution in [0.25, 0.3) is 22.3 Å². The van der Waals surface area contributed by atoms with E-state index in [4.69, 9.17) is 9.47 Å². The molecule has 4 aromatic rings. The summed E-state index contributed by atoms with van der Waals surface area (Å²) >= 11 is 0. The fourth-order valence-electron chi connectivity index (χ4n) is 3.37. The summed E-state index contributed by atoms with van der Waals surface area (Å²) < 4.78 is 37.6. The Morgan fingerprint density at radius 1 is 1.03 bits per heavy atom. The average molecular weight is 409 g/mol. The Hall–Kier alpha value is -3.59. The van der Waals surface area contributed by atoms with Gasteiger partial charge in [0.15, 0.2) is 17.2 Å². The summed E-state index contributed by atoms with van der Waals surface area (Å²) in [4.78, 5) is 10.7. The maximum Gasteiger partial charge on any atom is 0.324 e. The van der Waals surface area contributed by atoms with Gasteiger partial charge in [0.05, 0.1) is 18.6 Å². The van der Waals surface area contributed by atoms with Gasteiger partial charge in [-0.2, -0.15) is 10.1 Å². The van der Waals surface area contributed by atoms with Gasteiger partial charge in [-0.05, 0) is 24.3 Å². The summed E-state index contributed by atoms with van der Waals surface area (Å²) in [5.74, 6) is -1.67. The minimum absolute atomic E-state index is 0.0640. The number of halogens is 2. The first-order chi connectivity index (χ1) is 14.7. The van der Waals surface area contributed by atoms with E-state index in [1.807, 2.05) is 12.1 Å². The van der Waals surface area contributed by atoms with Crippen molar-refractivity contribution in [1.29, 1.82) is 0 Å². The average Bonchev–Trinajstić information content (AvgIpc) is 3.20. The van der Waals surface area contributed by atoms with E-state index in [0.29, 0.717) is 16.7 Å². The molecular weight excluding hydrogens is 392 g/mol. The molecule has 3 heterocycles. The monoisotopic (exact) mass is 409 g/mol. The molecular formula is C21H17F2N5O2. The largest absolute Gasteiger partial charge is 0.421 e. The van der Waals surface area contributed by atoms with Crippen LogP contribution >= 0.6 is 0 Å². The number of aromatic amines is 1. The highest BCUT2D eigenvalue weighted by molar-refractivity contribution is 5.90. The van der Waals surface area contributed by atoms with Crippen LogP contribution in [0.5, 0.6) is 11.8 Å². The summed E-state index contributed by atoms with van der Waals surface area (Å²) in [5.41, 5.74) is 3.21. The number of aromatic nitrogens is 4. The number of morpholine rings is 1. The minimum Gasteiger partial charge on any atom is -0.421 e. The first-order valence-electron chi connectivity index (χ1n) is 9.44. The van der Waals surface area contributed by atoms with Crippen molar-refractivity contribution in [1.82, 2.24) is 20.2 Å². The number of nitrogens with one attached hydrogen (secondary N) is 1. The number of rotatable bonds is 4. The first-order valence-corrected chi connectivity index (χ1v) is 9.44. The lowest BCUT2D eigenvalue weighted by atomic mass is 10.1. The Kier molecular flexibility index (Phi) is 4.72. The van der Waals surface area contributed by atoms with E-state index in [0.717, 1.165) is 49.7 Å². The zero-order chi connectivity index (χ0) is 20.5. The van der Waals surface area contributed by atoms with Crippen molar-refractivity contribution in [3.05, 3.63) is 60.3 Å².